The van der Waals surface area contributed by atoms with Crippen LogP contribution in [0.3, 0.4) is 0 Å². The van der Waals surface area contributed by atoms with Crippen molar-refractivity contribution in [1.82, 2.24) is 25.2 Å². The van der Waals surface area contributed by atoms with Gasteiger partial charge in [0.1, 0.15) is 0 Å². The van der Waals surface area contributed by atoms with Crippen LogP contribution in [-0.4, -0.2) is 30.1 Å². The number of pyridine rings is 1. The molecule has 0 aliphatic carbocycles. The Hall–Kier alpha value is -3.36. The first-order valence-corrected chi connectivity index (χ1v) is 6.86. The number of nitrogens with one attached hydrogen (secondary N) is 1. The maximum absolute atomic E-state index is 11.1. The summed E-state index contributed by atoms with van der Waals surface area (Å²) in [5.74, 6) is 0.698. The van der Waals surface area contributed by atoms with E-state index in [2.05, 4.69) is 25.8 Å². The van der Waals surface area contributed by atoms with Crippen LogP contribution in [0.2, 0.25) is 0 Å². The van der Waals surface area contributed by atoms with Crippen LogP contribution in [0.4, 0.5) is 11.5 Å². The van der Waals surface area contributed by atoms with E-state index in [-0.39, 0.29) is 17.5 Å². The molecule has 1 aromatic carbocycles. The lowest BCUT2D eigenvalue weighted by molar-refractivity contribution is -0.384. The number of hydrogen-bond acceptors (Lipinski definition) is 7. The number of aromatic nitrogens is 5. The second-order valence-corrected chi connectivity index (χ2v) is 4.78. The lowest BCUT2D eigenvalue weighted by Gasteiger charge is -2.14. The Labute approximate surface area is 131 Å². The summed E-state index contributed by atoms with van der Waals surface area (Å²) in [5, 5.41) is 25.7. The van der Waals surface area contributed by atoms with E-state index in [1.54, 1.807) is 4.68 Å². The van der Waals surface area contributed by atoms with E-state index in [4.69, 9.17) is 0 Å². The molecule has 0 spiro atoms. The number of anilines is 1. The Morgan fingerprint density at radius 1 is 1.22 bits per heavy atom. The fraction of sp³-hybridized carbons (Fsp3) is 0.143. The van der Waals surface area contributed by atoms with Crippen molar-refractivity contribution in [3.8, 4) is 5.69 Å². The van der Waals surface area contributed by atoms with Gasteiger partial charge in [-0.3, -0.25) is 10.1 Å². The van der Waals surface area contributed by atoms with Crippen molar-refractivity contribution in [1.29, 1.82) is 0 Å². The molecule has 3 aromatic rings. The standard InChI is InChI=1S/C14H13N7O2/c1-10(16-13-12(21(22)23)8-5-9-15-13)14-17-18-19-20(14)11-6-3-2-4-7-11/h2-10H,1H3,(H,15,16). The Morgan fingerprint density at radius 3 is 2.74 bits per heavy atom. The van der Waals surface area contributed by atoms with Gasteiger partial charge in [-0.15, -0.1) is 5.10 Å². The minimum Gasteiger partial charge on any atom is -0.355 e. The quantitative estimate of drug-likeness (QED) is 0.567. The van der Waals surface area contributed by atoms with Gasteiger partial charge in [0, 0.05) is 12.3 Å². The lowest BCUT2D eigenvalue weighted by Crippen LogP contribution is -2.15. The highest BCUT2D eigenvalue weighted by Gasteiger charge is 2.20. The van der Waals surface area contributed by atoms with Crippen LogP contribution in [0.15, 0.2) is 48.7 Å². The average molecular weight is 311 g/mol. The zero-order chi connectivity index (χ0) is 16.2. The first kappa shape index (κ1) is 14.6. The predicted octanol–water partition coefficient (Wildman–Crippen LogP) is 2.14. The molecule has 0 bridgehead atoms. The number of benzene rings is 1. The maximum atomic E-state index is 11.1. The number of rotatable bonds is 5. The van der Waals surface area contributed by atoms with Crippen LogP contribution in [0.1, 0.15) is 18.8 Å². The SMILES string of the molecule is CC(Nc1ncccc1[N+](=O)[O-])c1nnnn1-c1ccccc1. The maximum Gasteiger partial charge on any atom is 0.311 e. The van der Waals surface area contributed by atoms with Gasteiger partial charge in [0.2, 0.25) is 5.82 Å². The summed E-state index contributed by atoms with van der Waals surface area (Å²) in [6.45, 7) is 1.81. The fourth-order valence-electron chi connectivity index (χ4n) is 2.14. The van der Waals surface area contributed by atoms with Gasteiger partial charge in [0.15, 0.2) is 5.82 Å². The van der Waals surface area contributed by atoms with Gasteiger partial charge >= 0.3 is 5.69 Å². The summed E-state index contributed by atoms with van der Waals surface area (Å²) in [6, 6.07) is 11.9. The van der Waals surface area contributed by atoms with Crippen LogP contribution in [0, 0.1) is 10.1 Å². The molecule has 1 N–H and O–H groups in total. The highest BCUT2D eigenvalue weighted by Crippen LogP contribution is 2.25. The first-order chi connectivity index (χ1) is 11.2. The lowest BCUT2D eigenvalue weighted by atomic mass is 10.2. The minimum atomic E-state index is -0.484. The van der Waals surface area contributed by atoms with Crippen LogP contribution >= 0.6 is 0 Å². The third-order valence-corrected chi connectivity index (χ3v) is 3.22. The summed E-state index contributed by atoms with van der Waals surface area (Å²) in [5.41, 5.74) is 0.703. The van der Waals surface area contributed by atoms with Crippen molar-refractivity contribution in [2.75, 3.05) is 5.32 Å². The van der Waals surface area contributed by atoms with E-state index < -0.39 is 4.92 Å². The van der Waals surface area contributed by atoms with Gasteiger partial charge in [0.05, 0.1) is 16.7 Å². The summed E-state index contributed by atoms with van der Waals surface area (Å²) < 4.78 is 1.58. The zero-order valence-corrected chi connectivity index (χ0v) is 12.2. The van der Waals surface area contributed by atoms with Crippen molar-refractivity contribution < 1.29 is 4.92 Å². The second-order valence-electron chi connectivity index (χ2n) is 4.78. The summed E-state index contributed by atoms with van der Waals surface area (Å²) >= 11 is 0. The molecular weight excluding hydrogens is 298 g/mol. The van der Waals surface area contributed by atoms with Gasteiger partial charge in [-0.25, -0.2) is 4.98 Å². The molecule has 1 unspecified atom stereocenters. The zero-order valence-electron chi connectivity index (χ0n) is 12.2. The van der Waals surface area contributed by atoms with Gasteiger partial charge < -0.3 is 5.32 Å². The van der Waals surface area contributed by atoms with Gasteiger partial charge in [-0.1, -0.05) is 18.2 Å². The number of para-hydroxylation sites is 1. The molecule has 116 valence electrons. The Morgan fingerprint density at radius 2 is 2.00 bits per heavy atom. The van der Waals surface area contributed by atoms with E-state index >= 15 is 0 Å². The van der Waals surface area contributed by atoms with Crippen LogP contribution in [0.25, 0.3) is 5.69 Å². The van der Waals surface area contributed by atoms with Crippen molar-refractivity contribution in [3.05, 3.63) is 64.6 Å². The number of nitro groups is 1. The van der Waals surface area contributed by atoms with Gasteiger partial charge in [0.25, 0.3) is 0 Å². The summed E-state index contributed by atoms with van der Waals surface area (Å²) in [4.78, 5) is 14.6. The van der Waals surface area contributed by atoms with E-state index in [9.17, 15) is 10.1 Å². The monoisotopic (exact) mass is 311 g/mol. The normalized spacial score (nSPS) is 11.9. The second kappa shape index (κ2) is 6.18. The molecule has 9 nitrogen and oxygen atoms in total. The third kappa shape index (κ3) is 2.98. The summed E-state index contributed by atoms with van der Waals surface area (Å²) in [7, 11) is 0. The summed E-state index contributed by atoms with van der Waals surface area (Å²) in [6.07, 6.45) is 1.49. The number of tetrazole rings is 1. The molecule has 2 aromatic heterocycles. The molecule has 0 aliphatic rings. The molecule has 0 saturated carbocycles. The molecule has 1 atom stereocenters. The Kier molecular flexibility index (Phi) is 3.91. The van der Waals surface area contributed by atoms with Crippen LogP contribution in [-0.2, 0) is 0 Å². The minimum absolute atomic E-state index is 0.0990. The molecule has 0 amide bonds. The van der Waals surface area contributed by atoms with Crippen LogP contribution < -0.4 is 5.32 Å². The largest absolute Gasteiger partial charge is 0.355 e. The Balaban J connectivity index is 1.90. The molecule has 0 saturated heterocycles. The van der Waals surface area contributed by atoms with Gasteiger partial charge in [-0.2, -0.15) is 4.68 Å². The van der Waals surface area contributed by atoms with E-state index in [1.807, 2.05) is 37.3 Å². The van der Waals surface area contributed by atoms with Crippen LogP contribution in [0.5, 0.6) is 0 Å². The smallest absolute Gasteiger partial charge is 0.311 e. The molecule has 0 aliphatic heterocycles. The fourth-order valence-corrected chi connectivity index (χ4v) is 2.14. The molecular formula is C14H13N7O2. The molecule has 0 fully saturated rings. The van der Waals surface area contributed by atoms with E-state index in [0.717, 1.165) is 5.69 Å². The topological polar surface area (TPSA) is 112 Å². The highest BCUT2D eigenvalue weighted by molar-refractivity contribution is 5.55. The van der Waals surface area contributed by atoms with E-state index in [0.29, 0.717) is 5.82 Å². The molecule has 2 heterocycles. The van der Waals surface area contributed by atoms with E-state index in [1.165, 1.54) is 18.3 Å². The molecule has 3 rings (SSSR count). The number of nitrogens with zero attached hydrogens (tertiary/aromatic N) is 6. The highest BCUT2D eigenvalue weighted by atomic mass is 16.6. The predicted molar refractivity (Wildman–Crippen MR) is 82.1 cm³/mol. The first-order valence-electron chi connectivity index (χ1n) is 6.86. The number of hydrogen-bond donors (Lipinski definition) is 1. The van der Waals surface area contributed by atoms with Gasteiger partial charge in [-0.05, 0) is 35.5 Å². The van der Waals surface area contributed by atoms with Crippen molar-refractivity contribution >= 4 is 11.5 Å². The molecule has 9 heteroatoms. The molecule has 0 radical (unpaired) electrons. The Bertz CT molecular complexity index is 819. The molecule has 23 heavy (non-hydrogen) atoms. The average Bonchev–Trinajstić information content (AvgIpc) is 3.05. The van der Waals surface area contributed by atoms with Crippen molar-refractivity contribution in [2.45, 2.75) is 13.0 Å². The van der Waals surface area contributed by atoms with Crippen molar-refractivity contribution in [2.24, 2.45) is 0 Å². The third-order valence-electron chi connectivity index (χ3n) is 3.22. The van der Waals surface area contributed by atoms with Crippen molar-refractivity contribution in [3.63, 3.8) is 0 Å².